The Morgan fingerprint density at radius 2 is 1.79 bits per heavy atom. The van der Waals surface area contributed by atoms with Crippen molar-refractivity contribution in [2.24, 2.45) is 0 Å². The number of nitrogen functional groups attached to an aromatic ring is 1. The van der Waals surface area contributed by atoms with Gasteiger partial charge >= 0.3 is 0 Å². The van der Waals surface area contributed by atoms with Gasteiger partial charge in [-0.15, -0.1) is 0 Å². The number of anilines is 2. The third-order valence-corrected chi connectivity index (χ3v) is 3.97. The van der Waals surface area contributed by atoms with E-state index >= 15 is 0 Å². The van der Waals surface area contributed by atoms with Gasteiger partial charge in [0.25, 0.3) is 0 Å². The Balaban J connectivity index is 1.60. The Labute approximate surface area is 140 Å². The molecule has 8 heteroatoms. The first-order chi connectivity index (χ1) is 11.7. The molecule has 2 N–H and O–H groups in total. The van der Waals surface area contributed by atoms with E-state index in [0.717, 1.165) is 25.9 Å². The van der Waals surface area contributed by atoms with E-state index in [1.807, 2.05) is 0 Å². The van der Waals surface area contributed by atoms with Gasteiger partial charge in [0.15, 0.2) is 17.3 Å². The molecular weight excluding hydrogens is 310 g/mol. The van der Waals surface area contributed by atoms with E-state index in [1.165, 1.54) is 0 Å². The molecule has 1 fully saturated rings. The molecule has 3 rings (SSSR count). The van der Waals surface area contributed by atoms with E-state index in [-0.39, 0.29) is 6.10 Å². The quantitative estimate of drug-likeness (QED) is 0.881. The molecule has 0 saturated carbocycles. The SMILES string of the molecule is COc1cnc(N2CCC(Oc3ccnc(N)c3OC)CC2)nc1. The molecule has 8 nitrogen and oxygen atoms in total. The predicted octanol–water partition coefficient (Wildman–Crippen LogP) is 1.52. The van der Waals surface area contributed by atoms with Crippen LogP contribution in [0.15, 0.2) is 24.7 Å². The number of nitrogens with zero attached hydrogens (tertiary/aromatic N) is 4. The van der Waals surface area contributed by atoms with Gasteiger partial charge in [0, 0.05) is 38.2 Å². The van der Waals surface area contributed by atoms with E-state index in [0.29, 0.717) is 29.0 Å². The van der Waals surface area contributed by atoms with Crippen LogP contribution in [0, 0.1) is 0 Å². The van der Waals surface area contributed by atoms with E-state index in [2.05, 4.69) is 19.9 Å². The summed E-state index contributed by atoms with van der Waals surface area (Å²) in [6, 6.07) is 1.77. The second kappa shape index (κ2) is 7.20. The van der Waals surface area contributed by atoms with Gasteiger partial charge in [-0.25, -0.2) is 15.0 Å². The molecule has 128 valence electrons. The summed E-state index contributed by atoms with van der Waals surface area (Å²) in [6.07, 6.45) is 6.79. The molecule has 2 aromatic rings. The Bertz CT molecular complexity index is 672. The van der Waals surface area contributed by atoms with Crippen LogP contribution >= 0.6 is 0 Å². The van der Waals surface area contributed by atoms with Gasteiger partial charge < -0.3 is 24.8 Å². The lowest BCUT2D eigenvalue weighted by molar-refractivity contribution is 0.164. The third kappa shape index (κ3) is 3.42. The Morgan fingerprint density at radius 1 is 1.08 bits per heavy atom. The molecule has 0 bridgehead atoms. The predicted molar refractivity (Wildman–Crippen MR) is 89.6 cm³/mol. The van der Waals surface area contributed by atoms with Crippen molar-refractivity contribution in [1.82, 2.24) is 15.0 Å². The van der Waals surface area contributed by atoms with Gasteiger partial charge in [-0.3, -0.25) is 0 Å². The van der Waals surface area contributed by atoms with Gasteiger partial charge in [-0.1, -0.05) is 0 Å². The van der Waals surface area contributed by atoms with Gasteiger partial charge in [0.2, 0.25) is 11.7 Å². The minimum Gasteiger partial charge on any atom is -0.494 e. The van der Waals surface area contributed by atoms with Crippen LogP contribution < -0.4 is 24.8 Å². The maximum atomic E-state index is 6.05. The topological polar surface area (TPSA) is 95.6 Å². The van der Waals surface area contributed by atoms with Crippen molar-refractivity contribution in [3.8, 4) is 17.2 Å². The number of ether oxygens (including phenoxy) is 3. The third-order valence-electron chi connectivity index (χ3n) is 3.97. The molecule has 2 aromatic heterocycles. The second-order valence-corrected chi connectivity index (χ2v) is 5.45. The average molecular weight is 331 g/mol. The summed E-state index contributed by atoms with van der Waals surface area (Å²) >= 11 is 0. The molecule has 1 aliphatic rings. The van der Waals surface area contributed by atoms with Crippen LogP contribution in [0.4, 0.5) is 11.8 Å². The lowest BCUT2D eigenvalue weighted by Gasteiger charge is -2.32. The van der Waals surface area contributed by atoms with Crippen LogP contribution in [0.2, 0.25) is 0 Å². The minimum absolute atomic E-state index is 0.0928. The molecule has 0 atom stereocenters. The zero-order chi connectivity index (χ0) is 16.9. The van der Waals surface area contributed by atoms with Crippen molar-refractivity contribution in [3.05, 3.63) is 24.7 Å². The highest BCUT2D eigenvalue weighted by Gasteiger charge is 2.23. The van der Waals surface area contributed by atoms with Crippen molar-refractivity contribution in [3.63, 3.8) is 0 Å². The number of aromatic nitrogens is 3. The molecule has 3 heterocycles. The number of nitrogens with two attached hydrogens (primary N) is 1. The van der Waals surface area contributed by atoms with Crippen molar-refractivity contribution in [1.29, 1.82) is 0 Å². The van der Waals surface area contributed by atoms with Crippen LogP contribution in [0.1, 0.15) is 12.8 Å². The molecule has 0 aliphatic carbocycles. The van der Waals surface area contributed by atoms with Gasteiger partial charge in [0.1, 0.15) is 6.10 Å². The number of piperidine rings is 1. The summed E-state index contributed by atoms with van der Waals surface area (Å²) in [5, 5.41) is 0. The fraction of sp³-hybridized carbons (Fsp3) is 0.438. The zero-order valence-electron chi connectivity index (χ0n) is 13.8. The lowest BCUT2D eigenvalue weighted by Crippen LogP contribution is -2.39. The molecule has 0 spiro atoms. The molecule has 0 amide bonds. The Hall–Kier alpha value is -2.77. The van der Waals surface area contributed by atoms with Crippen molar-refractivity contribution in [2.45, 2.75) is 18.9 Å². The first-order valence-corrected chi connectivity index (χ1v) is 7.77. The molecule has 0 radical (unpaired) electrons. The largest absolute Gasteiger partial charge is 0.494 e. The van der Waals surface area contributed by atoms with E-state index in [4.69, 9.17) is 19.9 Å². The Kier molecular flexibility index (Phi) is 4.83. The van der Waals surface area contributed by atoms with Crippen LogP contribution in [-0.4, -0.2) is 48.4 Å². The second-order valence-electron chi connectivity index (χ2n) is 5.45. The van der Waals surface area contributed by atoms with Crippen LogP contribution in [0.3, 0.4) is 0 Å². The first kappa shape index (κ1) is 16.1. The highest BCUT2D eigenvalue weighted by atomic mass is 16.5. The normalized spacial score (nSPS) is 15.2. The fourth-order valence-corrected chi connectivity index (χ4v) is 2.68. The number of rotatable bonds is 5. The number of pyridine rings is 1. The molecule has 24 heavy (non-hydrogen) atoms. The highest BCUT2D eigenvalue weighted by molar-refractivity contribution is 5.54. The summed E-state index contributed by atoms with van der Waals surface area (Å²) in [5.74, 6) is 2.81. The van der Waals surface area contributed by atoms with E-state index in [1.54, 1.807) is 38.9 Å². The fourth-order valence-electron chi connectivity index (χ4n) is 2.68. The van der Waals surface area contributed by atoms with Crippen molar-refractivity contribution in [2.75, 3.05) is 37.9 Å². The van der Waals surface area contributed by atoms with Crippen molar-refractivity contribution >= 4 is 11.8 Å². The number of hydrogen-bond donors (Lipinski definition) is 1. The van der Waals surface area contributed by atoms with Gasteiger partial charge in [0.05, 0.1) is 26.6 Å². The number of methoxy groups -OCH3 is 2. The maximum absolute atomic E-state index is 6.05. The lowest BCUT2D eigenvalue weighted by atomic mass is 10.1. The summed E-state index contributed by atoms with van der Waals surface area (Å²) in [7, 11) is 3.16. The summed E-state index contributed by atoms with van der Waals surface area (Å²) < 4.78 is 16.4. The van der Waals surface area contributed by atoms with Crippen LogP contribution in [0.25, 0.3) is 0 Å². The molecule has 0 aromatic carbocycles. The van der Waals surface area contributed by atoms with E-state index < -0.39 is 0 Å². The molecule has 0 unspecified atom stereocenters. The highest BCUT2D eigenvalue weighted by Crippen LogP contribution is 2.33. The zero-order valence-corrected chi connectivity index (χ0v) is 13.8. The Morgan fingerprint density at radius 3 is 2.42 bits per heavy atom. The van der Waals surface area contributed by atoms with E-state index in [9.17, 15) is 0 Å². The smallest absolute Gasteiger partial charge is 0.225 e. The molecular formula is C16H21N5O3. The molecule has 1 saturated heterocycles. The van der Waals surface area contributed by atoms with Crippen molar-refractivity contribution < 1.29 is 14.2 Å². The summed E-state index contributed by atoms with van der Waals surface area (Å²) in [6.45, 7) is 1.64. The van der Waals surface area contributed by atoms with Gasteiger partial charge in [-0.05, 0) is 0 Å². The number of hydrogen-bond acceptors (Lipinski definition) is 8. The van der Waals surface area contributed by atoms with Crippen LogP contribution in [0.5, 0.6) is 17.2 Å². The molecule has 1 aliphatic heterocycles. The maximum Gasteiger partial charge on any atom is 0.225 e. The first-order valence-electron chi connectivity index (χ1n) is 7.77. The summed E-state index contributed by atoms with van der Waals surface area (Å²) in [5.41, 5.74) is 5.81. The standard InChI is InChI=1S/C16H21N5O3/c1-22-12-9-19-16(20-10-12)21-7-4-11(5-8-21)24-13-3-6-18-15(17)14(13)23-2/h3,6,9-11H,4-5,7-8H2,1-2H3,(H2,17,18). The monoisotopic (exact) mass is 331 g/mol. The van der Waals surface area contributed by atoms with Crippen LogP contribution in [-0.2, 0) is 0 Å². The minimum atomic E-state index is 0.0928. The van der Waals surface area contributed by atoms with Gasteiger partial charge in [-0.2, -0.15) is 0 Å². The summed E-state index contributed by atoms with van der Waals surface area (Å²) in [4.78, 5) is 14.8. The average Bonchev–Trinajstić information content (AvgIpc) is 2.63.